The Hall–Kier alpha value is -3.72. The molecule has 1 heterocycles. The van der Waals surface area contributed by atoms with E-state index < -0.39 is 6.04 Å². The number of benzene rings is 2. The molecule has 0 aliphatic carbocycles. The molecule has 0 saturated carbocycles. The van der Waals surface area contributed by atoms with E-state index in [1.165, 1.54) is 0 Å². The van der Waals surface area contributed by atoms with Gasteiger partial charge >= 0.3 is 0 Å². The zero-order valence-corrected chi connectivity index (χ0v) is 20.3. The van der Waals surface area contributed by atoms with Gasteiger partial charge in [-0.1, -0.05) is 25.1 Å². The number of hydrogen-bond donors (Lipinski definition) is 2. The number of nitrogens with two attached hydrogens (primary N) is 1. The maximum Gasteiger partial charge on any atom is 0.241 e. The number of anilines is 1. The molecule has 0 radical (unpaired) electrons. The summed E-state index contributed by atoms with van der Waals surface area (Å²) in [5, 5.41) is 6.88. The van der Waals surface area contributed by atoms with Gasteiger partial charge in [0.2, 0.25) is 11.7 Å². The number of hydrogen-bond acceptors (Lipinski definition) is 8. The summed E-state index contributed by atoms with van der Waals surface area (Å²) >= 11 is 0. The molecule has 1 atom stereocenters. The number of rotatable bonds is 10. The molecule has 9 nitrogen and oxygen atoms in total. The first-order valence-electron chi connectivity index (χ1n) is 10.8. The molecule has 34 heavy (non-hydrogen) atoms. The second kappa shape index (κ2) is 10.9. The summed E-state index contributed by atoms with van der Waals surface area (Å²) in [7, 11) is 6.18. The van der Waals surface area contributed by atoms with Crippen molar-refractivity contribution in [3.63, 3.8) is 0 Å². The molecule has 3 aromatic rings. The largest absolute Gasteiger partial charge is 0.495 e. The lowest BCUT2D eigenvalue weighted by Gasteiger charge is -2.17. The maximum absolute atomic E-state index is 12.6. The van der Waals surface area contributed by atoms with Crippen LogP contribution in [0.2, 0.25) is 0 Å². The number of carbonyl (C=O) groups is 1. The van der Waals surface area contributed by atoms with E-state index in [9.17, 15) is 4.79 Å². The average molecular weight is 470 g/mol. The molecule has 9 heteroatoms. The predicted molar refractivity (Wildman–Crippen MR) is 130 cm³/mol. The van der Waals surface area contributed by atoms with Gasteiger partial charge in [0.25, 0.3) is 0 Å². The average Bonchev–Trinajstić information content (AvgIpc) is 3.32. The quantitative estimate of drug-likeness (QED) is 0.450. The second-order valence-corrected chi connectivity index (χ2v) is 8.12. The Labute approximate surface area is 199 Å². The summed E-state index contributed by atoms with van der Waals surface area (Å²) in [5.74, 6) is 2.48. The lowest BCUT2D eigenvalue weighted by atomic mass is 10.0. The van der Waals surface area contributed by atoms with Crippen molar-refractivity contribution in [3.05, 3.63) is 36.5 Å². The number of amides is 1. The van der Waals surface area contributed by atoms with Crippen LogP contribution in [-0.2, 0) is 4.79 Å². The minimum Gasteiger partial charge on any atom is -0.495 e. The standard InChI is InChI=1S/C25H31N3O6/c1-14(2)9-18(26)25(29)28-19-10-15(7-8-20(19)30-3)17-13-27-34-23(17)16-11-21(31-4)24(33-6)22(12-16)32-5/h7-8,10-14,18H,9,26H2,1-6H3,(H,28,29). The highest BCUT2D eigenvalue weighted by Gasteiger charge is 2.21. The first kappa shape index (κ1) is 24.9. The topological polar surface area (TPSA) is 118 Å². The van der Waals surface area contributed by atoms with Gasteiger partial charge in [-0.25, -0.2) is 0 Å². The Kier molecular flexibility index (Phi) is 8.01. The Morgan fingerprint density at radius 2 is 1.62 bits per heavy atom. The molecule has 182 valence electrons. The third kappa shape index (κ3) is 5.26. The normalized spacial score (nSPS) is 11.8. The summed E-state index contributed by atoms with van der Waals surface area (Å²) < 4.78 is 27.4. The van der Waals surface area contributed by atoms with Crippen LogP contribution in [0.3, 0.4) is 0 Å². The highest BCUT2D eigenvalue weighted by atomic mass is 16.5. The van der Waals surface area contributed by atoms with Crippen LogP contribution in [0.15, 0.2) is 41.1 Å². The van der Waals surface area contributed by atoms with Gasteiger partial charge in [-0.15, -0.1) is 0 Å². The fraction of sp³-hybridized carbons (Fsp3) is 0.360. The predicted octanol–water partition coefficient (Wildman–Crippen LogP) is 4.35. The molecule has 0 spiro atoms. The van der Waals surface area contributed by atoms with E-state index >= 15 is 0 Å². The molecule has 1 aromatic heterocycles. The summed E-state index contributed by atoms with van der Waals surface area (Å²) in [4.78, 5) is 12.6. The molecule has 0 aliphatic heterocycles. The second-order valence-electron chi connectivity index (χ2n) is 8.12. The number of aromatic nitrogens is 1. The van der Waals surface area contributed by atoms with Gasteiger partial charge in [-0.2, -0.15) is 0 Å². The molecule has 1 unspecified atom stereocenters. The summed E-state index contributed by atoms with van der Waals surface area (Å²) in [6.07, 6.45) is 2.18. The Morgan fingerprint density at radius 3 is 2.18 bits per heavy atom. The fourth-order valence-corrected chi connectivity index (χ4v) is 3.68. The minimum atomic E-state index is -0.626. The van der Waals surface area contributed by atoms with Crippen molar-refractivity contribution in [2.75, 3.05) is 33.8 Å². The van der Waals surface area contributed by atoms with Crippen molar-refractivity contribution in [2.24, 2.45) is 11.7 Å². The van der Waals surface area contributed by atoms with Crippen molar-refractivity contribution in [1.29, 1.82) is 0 Å². The smallest absolute Gasteiger partial charge is 0.241 e. The van der Waals surface area contributed by atoms with Crippen LogP contribution in [0, 0.1) is 5.92 Å². The third-order valence-corrected chi connectivity index (χ3v) is 5.33. The third-order valence-electron chi connectivity index (χ3n) is 5.33. The molecule has 3 N–H and O–H groups in total. The molecule has 0 saturated heterocycles. The van der Waals surface area contributed by atoms with Crippen molar-refractivity contribution in [2.45, 2.75) is 26.3 Å². The van der Waals surface area contributed by atoms with Gasteiger partial charge in [-0.05, 0) is 42.2 Å². The lowest BCUT2D eigenvalue weighted by Crippen LogP contribution is -2.36. The van der Waals surface area contributed by atoms with E-state index in [0.717, 1.165) is 5.56 Å². The van der Waals surface area contributed by atoms with Gasteiger partial charge < -0.3 is 34.5 Å². The SMILES string of the molecule is COc1ccc(-c2cnoc2-c2cc(OC)c(OC)c(OC)c2)cc1NC(=O)C(N)CC(C)C. The van der Waals surface area contributed by atoms with Crippen LogP contribution in [0.5, 0.6) is 23.0 Å². The van der Waals surface area contributed by atoms with Gasteiger partial charge in [0.1, 0.15) is 5.75 Å². The van der Waals surface area contributed by atoms with E-state index in [4.69, 9.17) is 29.2 Å². The van der Waals surface area contributed by atoms with Gasteiger partial charge in [-0.3, -0.25) is 4.79 Å². The molecule has 0 fully saturated rings. The van der Waals surface area contributed by atoms with E-state index in [-0.39, 0.29) is 5.91 Å². The van der Waals surface area contributed by atoms with Gasteiger partial charge in [0.15, 0.2) is 17.3 Å². The number of nitrogens with one attached hydrogen (secondary N) is 1. The first-order valence-corrected chi connectivity index (χ1v) is 10.8. The van der Waals surface area contributed by atoms with Crippen molar-refractivity contribution >= 4 is 11.6 Å². The maximum atomic E-state index is 12.6. The first-order chi connectivity index (χ1) is 16.3. The van der Waals surface area contributed by atoms with Crippen LogP contribution in [0.25, 0.3) is 22.5 Å². The monoisotopic (exact) mass is 469 g/mol. The van der Waals surface area contributed by atoms with Crippen LogP contribution in [-0.4, -0.2) is 45.5 Å². The minimum absolute atomic E-state index is 0.278. The van der Waals surface area contributed by atoms with Gasteiger partial charge in [0.05, 0.1) is 46.4 Å². The van der Waals surface area contributed by atoms with Crippen molar-refractivity contribution < 1.29 is 28.3 Å². The number of nitrogens with zero attached hydrogens (tertiary/aromatic N) is 1. The van der Waals surface area contributed by atoms with Crippen molar-refractivity contribution in [1.82, 2.24) is 5.16 Å². The highest BCUT2D eigenvalue weighted by molar-refractivity contribution is 5.97. The van der Waals surface area contributed by atoms with Crippen LogP contribution in [0.4, 0.5) is 5.69 Å². The van der Waals surface area contributed by atoms with E-state index in [2.05, 4.69) is 10.5 Å². The Bertz CT molecular complexity index is 1120. The summed E-state index contributed by atoms with van der Waals surface area (Å²) in [6.45, 7) is 4.04. The molecular weight excluding hydrogens is 438 g/mol. The van der Waals surface area contributed by atoms with Crippen LogP contribution >= 0.6 is 0 Å². The number of carbonyl (C=O) groups excluding carboxylic acids is 1. The molecule has 3 rings (SSSR count). The zero-order chi connectivity index (χ0) is 24.8. The van der Waals surface area contributed by atoms with Crippen molar-refractivity contribution in [3.8, 4) is 45.4 Å². The lowest BCUT2D eigenvalue weighted by molar-refractivity contribution is -0.117. The highest BCUT2D eigenvalue weighted by Crippen LogP contribution is 2.44. The fourth-order valence-electron chi connectivity index (χ4n) is 3.68. The number of methoxy groups -OCH3 is 4. The molecule has 2 aromatic carbocycles. The zero-order valence-electron chi connectivity index (χ0n) is 20.3. The Morgan fingerprint density at radius 1 is 0.971 bits per heavy atom. The van der Waals surface area contributed by atoms with E-state index in [0.29, 0.717) is 57.9 Å². The van der Waals surface area contributed by atoms with Crippen LogP contribution < -0.4 is 30.0 Å². The molecule has 0 aliphatic rings. The van der Waals surface area contributed by atoms with E-state index in [1.54, 1.807) is 58.9 Å². The molecule has 1 amide bonds. The summed E-state index contributed by atoms with van der Waals surface area (Å²) in [5.41, 5.74) is 8.71. The number of ether oxygens (including phenoxy) is 4. The van der Waals surface area contributed by atoms with Gasteiger partial charge in [0, 0.05) is 11.1 Å². The molecular formula is C25H31N3O6. The Balaban J connectivity index is 2.02. The van der Waals surface area contributed by atoms with Crippen LogP contribution in [0.1, 0.15) is 20.3 Å². The molecule has 0 bridgehead atoms. The van der Waals surface area contributed by atoms with E-state index in [1.807, 2.05) is 19.9 Å². The summed E-state index contributed by atoms with van der Waals surface area (Å²) in [6, 6.07) is 8.36.